The molecule has 1 nitrogen and oxygen atoms in total. The molecule has 1 aromatic heterocycles. The minimum absolute atomic E-state index is 0.0769. The molecule has 1 heterocycles. The topological polar surface area (TPSA) is 4.93 Å². The Hall–Kier alpha value is -2.28. The normalized spacial score (nSPS) is 14.8. The van der Waals surface area contributed by atoms with E-state index >= 15 is 0 Å². The van der Waals surface area contributed by atoms with Crippen molar-refractivity contribution < 1.29 is 19.4 Å². The quantitative estimate of drug-likeness (QED) is 0.427. The lowest BCUT2D eigenvalue weighted by atomic mass is 10.1. The van der Waals surface area contributed by atoms with E-state index in [4.69, 9.17) is 0 Å². The molecule has 0 aliphatic rings. The second-order valence-electron chi connectivity index (χ2n) is 6.03. The van der Waals surface area contributed by atoms with Crippen LogP contribution in [0.3, 0.4) is 0 Å². The first-order chi connectivity index (χ1) is 11.4. The van der Waals surface area contributed by atoms with Crippen LogP contribution >= 0.6 is 10.2 Å². The Morgan fingerprint density at radius 1 is 0.800 bits per heavy atom. The highest BCUT2D eigenvalue weighted by molar-refractivity contribution is 8.45. The number of aryl methyl sites for hydroxylation is 1. The number of hydrogen-bond acceptors (Lipinski definition) is 0. The van der Waals surface area contributed by atoms with Gasteiger partial charge in [-0.25, -0.2) is 0 Å². The van der Waals surface area contributed by atoms with Gasteiger partial charge in [0.2, 0.25) is 0 Å². The molecule has 0 unspecified atom stereocenters. The lowest BCUT2D eigenvalue weighted by Crippen LogP contribution is -2.06. The molecule has 0 bridgehead atoms. The minimum Gasteiger partial charge on any atom is -0.348 e. The summed E-state index contributed by atoms with van der Waals surface area (Å²) in [7, 11) is -9.81. The van der Waals surface area contributed by atoms with Crippen molar-refractivity contribution >= 4 is 10.2 Å². The molecule has 3 rings (SSSR count). The number of halogens is 5. The molecule has 25 heavy (non-hydrogen) atoms. The number of benzene rings is 2. The monoisotopic (exact) mass is 373 g/mol. The molecule has 0 fully saturated rings. The van der Waals surface area contributed by atoms with Gasteiger partial charge in [0.05, 0.1) is 0 Å². The molecule has 0 spiro atoms. The Balaban J connectivity index is 2.14. The summed E-state index contributed by atoms with van der Waals surface area (Å²) in [4.78, 5) is -1.85. The van der Waals surface area contributed by atoms with Gasteiger partial charge in [0.15, 0.2) is 0 Å². The van der Waals surface area contributed by atoms with Gasteiger partial charge >= 0.3 is 10.2 Å². The predicted octanol–water partition coefficient (Wildman–Crippen LogP) is 7.17. The molecule has 0 saturated carbocycles. The van der Waals surface area contributed by atoms with Crippen LogP contribution in [0.25, 0.3) is 11.1 Å². The van der Waals surface area contributed by atoms with Gasteiger partial charge < -0.3 is 4.57 Å². The van der Waals surface area contributed by atoms with E-state index in [9.17, 15) is 19.4 Å². The molecule has 0 saturated heterocycles. The minimum atomic E-state index is -9.81. The van der Waals surface area contributed by atoms with Crippen molar-refractivity contribution in [3.8, 4) is 11.1 Å². The van der Waals surface area contributed by atoms with Crippen LogP contribution in [0.2, 0.25) is 0 Å². The zero-order valence-electron chi connectivity index (χ0n) is 13.3. The average molecular weight is 373 g/mol. The molecule has 0 atom stereocenters. The van der Waals surface area contributed by atoms with E-state index in [0.717, 1.165) is 21.9 Å². The Morgan fingerprint density at radius 3 is 1.96 bits per heavy atom. The fourth-order valence-electron chi connectivity index (χ4n) is 2.63. The highest BCUT2D eigenvalue weighted by Gasteiger charge is 2.67. The van der Waals surface area contributed by atoms with Gasteiger partial charge in [0, 0.05) is 24.5 Å². The van der Waals surface area contributed by atoms with Crippen molar-refractivity contribution in [3.63, 3.8) is 0 Å². The highest BCUT2D eigenvalue weighted by Crippen LogP contribution is 3.02. The van der Waals surface area contributed by atoms with Crippen LogP contribution in [0, 0.1) is 6.92 Å². The Kier molecular flexibility index (Phi) is 3.58. The van der Waals surface area contributed by atoms with E-state index in [0.29, 0.717) is 6.20 Å². The fourth-order valence-corrected chi connectivity index (χ4v) is 3.55. The zero-order valence-corrected chi connectivity index (χ0v) is 14.1. The standard InChI is InChI=1S/C18H16F5NS/c1-14-7-9-16(10-8-14)17-12-24(11-15-5-3-2-4-6-15)13-18(17)25(19,20,21,22)23/h2-10,12-13H,11H2,1H3. The molecule has 0 aliphatic carbocycles. The molecular weight excluding hydrogens is 357 g/mol. The van der Waals surface area contributed by atoms with Gasteiger partial charge in [-0.2, -0.15) is 0 Å². The fraction of sp³-hybridized carbons (Fsp3) is 0.111. The van der Waals surface area contributed by atoms with Crippen molar-refractivity contribution in [1.29, 1.82) is 0 Å². The molecule has 3 aromatic rings. The third kappa shape index (κ3) is 4.04. The summed E-state index contributed by atoms with van der Waals surface area (Å²) in [5, 5.41) is 0. The average Bonchev–Trinajstić information content (AvgIpc) is 2.92. The van der Waals surface area contributed by atoms with Crippen LogP contribution < -0.4 is 0 Å². The molecule has 2 aromatic carbocycles. The van der Waals surface area contributed by atoms with Crippen LogP contribution in [0.1, 0.15) is 11.1 Å². The van der Waals surface area contributed by atoms with Crippen molar-refractivity contribution in [2.24, 2.45) is 0 Å². The van der Waals surface area contributed by atoms with E-state index in [1.807, 2.05) is 0 Å². The third-order valence-corrected chi connectivity index (χ3v) is 4.99. The van der Waals surface area contributed by atoms with E-state index in [1.165, 1.54) is 12.1 Å². The van der Waals surface area contributed by atoms with Crippen molar-refractivity contribution in [2.75, 3.05) is 0 Å². The van der Waals surface area contributed by atoms with Gasteiger partial charge in [0.1, 0.15) is 4.90 Å². The van der Waals surface area contributed by atoms with Gasteiger partial charge in [-0.05, 0) is 18.1 Å². The van der Waals surface area contributed by atoms with E-state index in [2.05, 4.69) is 0 Å². The van der Waals surface area contributed by atoms with Crippen LogP contribution in [-0.2, 0) is 6.54 Å². The summed E-state index contributed by atoms with van der Waals surface area (Å²) in [5.74, 6) is 0. The molecule has 7 heteroatoms. The van der Waals surface area contributed by atoms with Crippen LogP contribution in [0.5, 0.6) is 0 Å². The summed E-state index contributed by atoms with van der Waals surface area (Å²) in [6.07, 6.45) is 1.63. The van der Waals surface area contributed by atoms with Crippen molar-refractivity contribution in [3.05, 3.63) is 78.1 Å². The first kappa shape index (κ1) is 17.5. The largest absolute Gasteiger partial charge is 0.348 e. The maximum atomic E-state index is 13.5. The number of hydrogen-bond donors (Lipinski definition) is 0. The molecule has 0 aliphatic heterocycles. The summed E-state index contributed by atoms with van der Waals surface area (Å²) in [5.41, 5.74) is 1.17. The van der Waals surface area contributed by atoms with Crippen molar-refractivity contribution in [2.45, 2.75) is 18.4 Å². The van der Waals surface area contributed by atoms with Gasteiger partial charge in [-0.1, -0.05) is 79.6 Å². The predicted molar refractivity (Wildman–Crippen MR) is 91.5 cm³/mol. The molecule has 0 amide bonds. The third-order valence-electron chi connectivity index (χ3n) is 3.83. The Labute approximate surface area is 142 Å². The first-order valence-corrected chi connectivity index (χ1v) is 9.42. The summed E-state index contributed by atoms with van der Waals surface area (Å²) in [6, 6.07) is 14.7. The number of nitrogens with zero attached hydrogens (tertiary/aromatic N) is 1. The summed E-state index contributed by atoms with van der Waals surface area (Å²) >= 11 is 0. The first-order valence-electron chi connectivity index (χ1n) is 7.47. The Bertz CT molecular complexity index is 897. The molecule has 0 N–H and O–H groups in total. The van der Waals surface area contributed by atoms with E-state index in [-0.39, 0.29) is 12.1 Å². The van der Waals surface area contributed by atoms with E-state index < -0.39 is 20.7 Å². The smallest absolute Gasteiger partial charge is 0.312 e. The van der Waals surface area contributed by atoms with Crippen LogP contribution in [-0.4, -0.2) is 4.57 Å². The van der Waals surface area contributed by atoms with Crippen LogP contribution in [0.15, 0.2) is 71.9 Å². The zero-order chi connectivity index (χ0) is 18.4. The SMILES string of the molecule is Cc1ccc(-c2cn(Cc3ccccc3)cc2S(F)(F)(F)(F)F)cc1. The van der Waals surface area contributed by atoms with Gasteiger partial charge in [0.25, 0.3) is 0 Å². The van der Waals surface area contributed by atoms with Gasteiger partial charge in [-0.15, -0.1) is 0 Å². The molecular formula is C18H16F5NS. The van der Waals surface area contributed by atoms with Crippen molar-refractivity contribution in [1.82, 2.24) is 4.57 Å². The number of aromatic nitrogens is 1. The summed E-state index contributed by atoms with van der Waals surface area (Å²) < 4.78 is 68.7. The molecule has 0 radical (unpaired) electrons. The lowest BCUT2D eigenvalue weighted by molar-refractivity contribution is 0.364. The Morgan fingerprint density at radius 2 is 1.40 bits per heavy atom. The summed E-state index contributed by atoms with van der Waals surface area (Å²) in [6.45, 7) is 1.85. The maximum absolute atomic E-state index is 13.5. The second-order valence-corrected chi connectivity index (χ2v) is 8.41. The molecule has 134 valence electrons. The number of rotatable bonds is 4. The second kappa shape index (κ2) is 5.11. The lowest BCUT2D eigenvalue weighted by Gasteiger charge is -2.40. The van der Waals surface area contributed by atoms with E-state index in [1.54, 1.807) is 49.4 Å². The highest BCUT2D eigenvalue weighted by atomic mass is 32.5. The maximum Gasteiger partial charge on any atom is 0.312 e. The van der Waals surface area contributed by atoms with Gasteiger partial charge in [-0.3, -0.25) is 0 Å². The van der Waals surface area contributed by atoms with Crippen LogP contribution in [0.4, 0.5) is 19.4 Å².